The van der Waals surface area contributed by atoms with Gasteiger partial charge in [0.25, 0.3) is 5.91 Å². The smallest absolute Gasteiger partial charge is 0.396 e. The predicted molar refractivity (Wildman–Crippen MR) is 133 cm³/mol. The Balaban J connectivity index is 1.60. The average Bonchev–Trinajstić information content (AvgIpc) is 3.20. The summed E-state index contributed by atoms with van der Waals surface area (Å²) in [6.45, 7) is 2.37. The molecule has 2 fully saturated rings. The first-order valence-corrected chi connectivity index (χ1v) is 14.0. The second-order valence-electron chi connectivity index (χ2n) is 10.2. The van der Waals surface area contributed by atoms with Gasteiger partial charge in [-0.1, -0.05) is 12.1 Å². The SMILES string of the molecule is CC(F)Oc1cccc(-c2nn(C3CCOCC3C(F)(F)F)c3cc(C(=O)NC4(C)CS(=O)(=O)C4)cnc23)c1. The van der Waals surface area contributed by atoms with Crippen LogP contribution in [0.4, 0.5) is 17.6 Å². The number of amides is 1. The van der Waals surface area contributed by atoms with Crippen LogP contribution in [0.1, 0.15) is 36.7 Å². The van der Waals surface area contributed by atoms with Crippen molar-refractivity contribution in [3.63, 3.8) is 0 Å². The number of hydrogen-bond donors (Lipinski definition) is 1. The highest BCUT2D eigenvalue weighted by molar-refractivity contribution is 7.93. The molecule has 0 saturated carbocycles. The van der Waals surface area contributed by atoms with Crippen LogP contribution < -0.4 is 10.1 Å². The van der Waals surface area contributed by atoms with Crippen LogP contribution in [0.25, 0.3) is 22.3 Å². The lowest BCUT2D eigenvalue weighted by Crippen LogP contribution is -2.63. The second kappa shape index (κ2) is 9.73. The Labute approximate surface area is 221 Å². The van der Waals surface area contributed by atoms with Crippen molar-refractivity contribution in [2.75, 3.05) is 24.7 Å². The Morgan fingerprint density at radius 3 is 2.69 bits per heavy atom. The summed E-state index contributed by atoms with van der Waals surface area (Å²) in [5.74, 6) is -2.68. The summed E-state index contributed by atoms with van der Waals surface area (Å²) in [7, 11) is -3.23. The first-order chi connectivity index (χ1) is 18.2. The number of nitrogens with one attached hydrogen (secondary N) is 1. The molecule has 2 saturated heterocycles. The zero-order valence-electron chi connectivity index (χ0n) is 21.0. The molecule has 4 heterocycles. The number of hydrogen-bond acceptors (Lipinski definition) is 7. The first-order valence-electron chi connectivity index (χ1n) is 12.2. The molecule has 2 aromatic heterocycles. The maximum Gasteiger partial charge on any atom is 0.396 e. The first kappa shape index (κ1) is 27.3. The minimum atomic E-state index is -4.57. The van der Waals surface area contributed by atoms with Crippen LogP contribution in [0.2, 0.25) is 0 Å². The molecule has 9 nitrogen and oxygen atoms in total. The maximum absolute atomic E-state index is 14.0. The van der Waals surface area contributed by atoms with E-state index in [-0.39, 0.29) is 52.6 Å². The van der Waals surface area contributed by atoms with Crippen molar-refractivity contribution in [2.24, 2.45) is 5.92 Å². The Morgan fingerprint density at radius 2 is 2.03 bits per heavy atom. The zero-order chi connectivity index (χ0) is 28.2. The average molecular weight is 571 g/mol. The highest BCUT2D eigenvalue weighted by Gasteiger charge is 2.48. The third-order valence-electron chi connectivity index (χ3n) is 6.76. The maximum atomic E-state index is 14.0. The van der Waals surface area contributed by atoms with Gasteiger partial charge in [0.1, 0.15) is 22.9 Å². The lowest BCUT2D eigenvalue weighted by atomic mass is 9.95. The Kier molecular flexibility index (Phi) is 6.82. The van der Waals surface area contributed by atoms with Crippen molar-refractivity contribution < 1.29 is 40.2 Å². The van der Waals surface area contributed by atoms with Gasteiger partial charge in [-0.2, -0.15) is 18.3 Å². The van der Waals surface area contributed by atoms with E-state index in [0.29, 0.717) is 5.56 Å². The number of fused-ring (bicyclic) bond motifs is 1. The van der Waals surface area contributed by atoms with Gasteiger partial charge >= 0.3 is 6.18 Å². The van der Waals surface area contributed by atoms with Gasteiger partial charge in [-0.15, -0.1) is 0 Å². The quantitative estimate of drug-likeness (QED) is 0.448. The molecule has 0 spiro atoms. The summed E-state index contributed by atoms with van der Waals surface area (Å²) in [6, 6.07) is 6.56. The van der Waals surface area contributed by atoms with Crippen LogP contribution in [-0.4, -0.2) is 71.9 Å². The predicted octanol–water partition coefficient (Wildman–Crippen LogP) is 3.85. The molecule has 0 radical (unpaired) electrons. The fraction of sp³-hybridized carbons (Fsp3) is 0.480. The lowest BCUT2D eigenvalue weighted by Gasteiger charge is -2.38. The van der Waals surface area contributed by atoms with Gasteiger partial charge in [0.15, 0.2) is 9.84 Å². The van der Waals surface area contributed by atoms with Crippen LogP contribution in [0.15, 0.2) is 36.5 Å². The third kappa shape index (κ3) is 5.57. The molecule has 1 aromatic carbocycles. The largest absolute Gasteiger partial charge is 0.461 e. The topological polar surface area (TPSA) is 112 Å². The van der Waals surface area contributed by atoms with Gasteiger partial charge in [-0.25, -0.2) is 12.8 Å². The molecular formula is C25H26F4N4O5S. The van der Waals surface area contributed by atoms with Gasteiger partial charge in [0.2, 0.25) is 6.36 Å². The Morgan fingerprint density at radius 1 is 1.28 bits per heavy atom. The van der Waals surface area contributed by atoms with E-state index in [1.165, 1.54) is 36.0 Å². The number of ether oxygens (including phenoxy) is 2. The van der Waals surface area contributed by atoms with Crippen LogP contribution in [0, 0.1) is 5.92 Å². The monoisotopic (exact) mass is 570 g/mol. The van der Waals surface area contributed by atoms with Crippen molar-refractivity contribution in [2.45, 2.75) is 44.4 Å². The van der Waals surface area contributed by atoms with Crippen LogP contribution in [0.3, 0.4) is 0 Å². The van der Waals surface area contributed by atoms with E-state index in [4.69, 9.17) is 9.47 Å². The van der Waals surface area contributed by atoms with E-state index >= 15 is 0 Å². The van der Waals surface area contributed by atoms with Crippen molar-refractivity contribution in [1.82, 2.24) is 20.1 Å². The minimum absolute atomic E-state index is 0.0231. The number of sulfone groups is 1. The van der Waals surface area contributed by atoms with Gasteiger partial charge in [-0.3, -0.25) is 14.5 Å². The summed E-state index contributed by atoms with van der Waals surface area (Å²) in [5, 5.41) is 7.21. The standard InChI is InChI=1S/C25H26F4N4O5S/c1-14(26)38-17-5-3-4-15(8-17)21-22-20(33(32-21)19-6-7-37-11-18(19)25(27,28)29)9-16(10-30-22)23(34)31-24(2)12-39(35,36)13-24/h3-5,8-10,14,18-19H,6-7,11-13H2,1-2H3,(H,31,34). The number of alkyl halides is 4. The van der Waals surface area contributed by atoms with Gasteiger partial charge in [0.05, 0.1) is 40.8 Å². The van der Waals surface area contributed by atoms with Crippen molar-refractivity contribution in [3.05, 3.63) is 42.1 Å². The molecule has 14 heteroatoms. The number of carbonyl (C=O) groups is 1. The van der Waals surface area contributed by atoms with Gasteiger partial charge in [0, 0.05) is 25.3 Å². The van der Waals surface area contributed by atoms with E-state index in [9.17, 15) is 30.8 Å². The molecule has 3 unspecified atom stereocenters. The molecule has 5 rings (SSSR count). The normalized spacial score (nSPS) is 23.1. The Hall–Kier alpha value is -3.26. The van der Waals surface area contributed by atoms with Crippen molar-refractivity contribution in [1.29, 1.82) is 0 Å². The van der Waals surface area contributed by atoms with E-state index in [2.05, 4.69) is 15.4 Å². The molecule has 1 amide bonds. The molecule has 0 aliphatic carbocycles. The molecule has 3 aromatic rings. The summed E-state index contributed by atoms with van der Waals surface area (Å²) in [4.78, 5) is 17.4. The van der Waals surface area contributed by atoms with E-state index in [0.717, 1.165) is 0 Å². The molecule has 2 aliphatic rings. The van der Waals surface area contributed by atoms with E-state index in [1.807, 2.05) is 0 Å². The highest BCUT2D eigenvalue weighted by atomic mass is 32.2. The third-order valence-corrected chi connectivity index (χ3v) is 8.92. The molecule has 3 atom stereocenters. The summed E-state index contributed by atoms with van der Waals surface area (Å²) < 4.78 is 90.1. The van der Waals surface area contributed by atoms with E-state index < -0.39 is 52.4 Å². The number of aromatic nitrogens is 3. The molecule has 1 N–H and O–H groups in total. The van der Waals surface area contributed by atoms with Gasteiger partial charge in [-0.05, 0) is 31.5 Å². The van der Waals surface area contributed by atoms with Crippen molar-refractivity contribution in [3.8, 4) is 17.0 Å². The molecule has 0 bridgehead atoms. The van der Waals surface area contributed by atoms with Gasteiger partial charge < -0.3 is 14.8 Å². The number of carbonyl (C=O) groups excluding carboxylic acids is 1. The van der Waals surface area contributed by atoms with Crippen LogP contribution in [0.5, 0.6) is 5.75 Å². The highest BCUT2D eigenvalue weighted by Crippen LogP contribution is 2.41. The summed E-state index contributed by atoms with van der Waals surface area (Å²) in [5.41, 5.74) is 0.187. The number of nitrogens with zero attached hydrogens (tertiary/aromatic N) is 3. The van der Waals surface area contributed by atoms with Crippen molar-refractivity contribution >= 4 is 26.8 Å². The minimum Gasteiger partial charge on any atom is -0.461 e. The lowest BCUT2D eigenvalue weighted by molar-refractivity contribution is -0.213. The number of halogens is 4. The van der Waals surface area contributed by atoms with E-state index in [1.54, 1.807) is 19.1 Å². The fourth-order valence-corrected chi connectivity index (χ4v) is 7.18. The summed E-state index contributed by atoms with van der Waals surface area (Å²) in [6.07, 6.45) is -4.87. The molecule has 2 aliphatic heterocycles. The number of rotatable bonds is 6. The molecular weight excluding hydrogens is 544 g/mol. The zero-order valence-corrected chi connectivity index (χ0v) is 21.9. The number of benzene rings is 1. The number of pyridine rings is 1. The van der Waals surface area contributed by atoms with Crippen LogP contribution >= 0.6 is 0 Å². The fourth-order valence-electron chi connectivity index (χ4n) is 5.17. The second-order valence-corrected chi connectivity index (χ2v) is 12.3. The Bertz CT molecular complexity index is 1510. The summed E-state index contributed by atoms with van der Waals surface area (Å²) >= 11 is 0. The molecule has 39 heavy (non-hydrogen) atoms. The molecule has 210 valence electrons. The van der Waals surface area contributed by atoms with Crippen LogP contribution in [-0.2, 0) is 14.6 Å².